The van der Waals surface area contributed by atoms with Gasteiger partial charge in [0.2, 0.25) is 0 Å². The molecule has 1 aliphatic rings. The van der Waals surface area contributed by atoms with Crippen LogP contribution in [0.5, 0.6) is 0 Å². The minimum absolute atomic E-state index is 0.00153. The first-order chi connectivity index (χ1) is 9.31. The highest BCUT2D eigenvalue weighted by molar-refractivity contribution is 5.76. The summed E-state index contributed by atoms with van der Waals surface area (Å²) >= 11 is 0. The van der Waals surface area contributed by atoms with Gasteiger partial charge in [0.15, 0.2) is 0 Å². The molecule has 116 valence electrons. The lowest BCUT2D eigenvalue weighted by Gasteiger charge is -2.36. The summed E-state index contributed by atoms with van der Waals surface area (Å²) in [5, 5.41) is 9.12. The number of urea groups is 1. The number of nitrogens with zero attached hydrogens (tertiary/aromatic N) is 2. The van der Waals surface area contributed by atoms with Gasteiger partial charge in [-0.3, -0.25) is 4.79 Å². The van der Waals surface area contributed by atoms with Crippen LogP contribution in [0.15, 0.2) is 0 Å². The number of carboxylic acids is 1. The van der Waals surface area contributed by atoms with Crippen LogP contribution in [0.2, 0.25) is 0 Å². The Hall–Kier alpha value is -1.26. The average molecular weight is 284 g/mol. The molecule has 0 aromatic rings. The molecule has 1 atom stereocenters. The van der Waals surface area contributed by atoms with Crippen LogP contribution in [0.25, 0.3) is 0 Å². The van der Waals surface area contributed by atoms with Crippen LogP contribution in [0.3, 0.4) is 0 Å². The molecular formula is C15H28N2O3. The van der Waals surface area contributed by atoms with Crippen molar-refractivity contribution in [1.82, 2.24) is 9.80 Å². The average Bonchev–Trinajstić information content (AvgIpc) is 2.36. The van der Waals surface area contributed by atoms with Gasteiger partial charge >= 0.3 is 12.0 Å². The second kappa shape index (κ2) is 7.50. The molecule has 1 aliphatic heterocycles. The van der Waals surface area contributed by atoms with Crippen LogP contribution in [0, 0.1) is 17.8 Å². The van der Waals surface area contributed by atoms with Crippen LogP contribution in [-0.2, 0) is 4.79 Å². The van der Waals surface area contributed by atoms with E-state index in [1.54, 1.807) is 4.90 Å². The number of aliphatic carboxylic acids is 1. The van der Waals surface area contributed by atoms with Gasteiger partial charge in [-0.05, 0) is 24.7 Å². The van der Waals surface area contributed by atoms with E-state index in [4.69, 9.17) is 5.11 Å². The Morgan fingerprint density at radius 1 is 1.20 bits per heavy atom. The second-order valence-electron chi connectivity index (χ2n) is 6.60. The molecule has 1 fully saturated rings. The van der Waals surface area contributed by atoms with Crippen molar-refractivity contribution < 1.29 is 14.7 Å². The molecule has 0 aromatic heterocycles. The van der Waals surface area contributed by atoms with Gasteiger partial charge < -0.3 is 14.9 Å². The first-order valence-corrected chi connectivity index (χ1v) is 7.58. The molecule has 0 bridgehead atoms. The Morgan fingerprint density at radius 3 is 2.20 bits per heavy atom. The standard InChI is InChI=1S/C15H28N2O3/c1-11(2)8-17(9-12(3)4)15(20)16-7-5-6-13(10-16)14(18)19/h11-13H,5-10H2,1-4H3,(H,18,19)/t13-/m0/s1. The lowest BCUT2D eigenvalue weighted by Crippen LogP contribution is -2.50. The van der Waals surface area contributed by atoms with Crippen molar-refractivity contribution in [3.8, 4) is 0 Å². The van der Waals surface area contributed by atoms with E-state index in [0.717, 1.165) is 19.5 Å². The van der Waals surface area contributed by atoms with E-state index in [-0.39, 0.29) is 6.03 Å². The summed E-state index contributed by atoms with van der Waals surface area (Å²) in [5.74, 6) is -0.370. The topological polar surface area (TPSA) is 60.9 Å². The van der Waals surface area contributed by atoms with Crippen LogP contribution < -0.4 is 0 Å². The highest BCUT2D eigenvalue weighted by Crippen LogP contribution is 2.19. The summed E-state index contributed by atoms with van der Waals surface area (Å²) in [6.07, 6.45) is 1.45. The summed E-state index contributed by atoms with van der Waals surface area (Å²) in [4.78, 5) is 27.3. The third-order valence-electron chi connectivity index (χ3n) is 3.48. The largest absolute Gasteiger partial charge is 0.481 e. The van der Waals surface area contributed by atoms with E-state index in [9.17, 15) is 9.59 Å². The highest BCUT2D eigenvalue weighted by Gasteiger charge is 2.30. The SMILES string of the molecule is CC(C)CN(CC(C)C)C(=O)N1CCC[C@H](C(=O)O)C1. The van der Waals surface area contributed by atoms with E-state index < -0.39 is 11.9 Å². The summed E-state index contributed by atoms with van der Waals surface area (Å²) in [7, 11) is 0. The number of carbonyl (C=O) groups is 2. The van der Waals surface area contributed by atoms with Gasteiger partial charge in [0.05, 0.1) is 5.92 Å². The van der Waals surface area contributed by atoms with Gasteiger partial charge in [0, 0.05) is 26.2 Å². The van der Waals surface area contributed by atoms with Crippen molar-refractivity contribution in [2.45, 2.75) is 40.5 Å². The maximum absolute atomic E-state index is 12.6. The first-order valence-electron chi connectivity index (χ1n) is 7.58. The quantitative estimate of drug-likeness (QED) is 0.844. The molecule has 5 heteroatoms. The predicted octanol–water partition coefficient (Wildman–Crippen LogP) is 2.52. The number of hydrogen-bond donors (Lipinski definition) is 1. The monoisotopic (exact) mass is 284 g/mol. The molecule has 0 saturated carbocycles. The molecule has 5 nitrogen and oxygen atoms in total. The highest BCUT2D eigenvalue weighted by atomic mass is 16.4. The van der Waals surface area contributed by atoms with Gasteiger partial charge in [-0.25, -0.2) is 4.79 Å². The Kier molecular flexibility index (Phi) is 6.30. The molecule has 1 rings (SSSR count). The third kappa shape index (κ3) is 5.02. The number of amides is 2. The van der Waals surface area contributed by atoms with Crippen molar-refractivity contribution in [2.75, 3.05) is 26.2 Å². The molecule has 0 aromatic carbocycles. The third-order valence-corrected chi connectivity index (χ3v) is 3.48. The van der Waals surface area contributed by atoms with Gasteiger partial charge in [-0.1, -0.05) is 27.7 Å². The molecule has 1 heterocycles. The van der Waals surface area contributed by atoms with E-state index >= 15 is 0 Å². The van der Waals surface area contributed by atoms with Gasteiger partial charge in [-0.15, -0.1) is 0 Å². The Labute approximate surface area is 121 Å². The Balaban J connectivity index is 2.69. The van der Waals surface area contributed by atoms with E-state index in [1.807, 2.05) is 4.90 Å². The first kappa shape index (κ1) is 16.8. The summed E-state index contributed by atoms with van der Waals surface area (Å²) < 4.78 is 0. The van der Waals surface area contributed by atoms with Gasteiger partial charge in [-0.2, -0.15) is 0 Å². The van der Waals surface area contributed by atoms with Crippen LogP contribution in [0.1, 0.15) is 40.5 Å². The minimum atomic E-state index is -0.790. The maximum atomic E-state index is 12.6. The number of carboxylic acid groups (broad SMARTS) is 1. The lowest BCUT2D eigenvalue weighted by molar-refractivity contribution is -0.143. The fourth-order valence-electron chi connectivity index (χ4n) is 2.66. The van der Waals surface area contributed by atoms with Gasteiger partial charge in [0.25, 0.3) is 0 Å². The Morgan fingerprint density at radius 2 is 1.75 bits per heavy atom. The molecule has 20 heavy (non-hydrogen) atoms. The number of carbonyl (C=O) groups excluding carboxylic acids is 1. The summed E-state index contributed by atoms with van der Waals surface area (Å²) in [6, 6.07) is -0.00153. The Bertz CT molecular complexity index is 332. The number of rotatable bonds is 5. The normalized spacial score (nSPS) is 19.5. The van der Waals surface area contributed by atoms with E-state index in [1.165, 1.54) is 0 Å². The van der Waals surface area contributed by atoms with E-state index in [0.29, 0.717) is 31.3 Å². The van der Waals surface area contributed by atoms with Crippen LogP contribution >= 0.6 is 0 Å². The van der Waals surface area contributed by atoms with E-state index in [2.05, 4.69) is 27.7 Å². The molecule has 0 spiro atoms. The van der Waals surface area contributed by atoms with Crippen LogP contribution in [0.4, 0.5) is 4.79 Å². The molecule has 0 aliphatic carbocycles. The molecule has 0 radical (unpaired) electrons. The fraction of sp³-hybridized carbons (Fsp3) is 0.867. The summed E-state index contributed by atoms with van der Waals surface area (Å²) in [6.45, 7) is 10.9. The smallest absolute Gasteiger partial charge is 0.320 e. The van der Waals surface area contributed by atoms with Crippen molar-refractivity contribution in [3.05, 3.63) is 0 Å². The predicted molar refractivity (Wildman–Crippen MR) is 78.6 cm³/mol. The van der Waals surface area contributed by atoms with Gasteiger partial charge in [0.1, 0.15) is 0 Å². The molecule has 0 unspecified atom stereocenters. The van der Waals surface area contributed by atoms with Crippen LogP contribution in [-0.4, -0.2) is 53.1 Å². The molecule has 1 N–H and O–H groups in total. The fourth-order valence-corrected chi connectivity index (χ4v) is 2.66. The number of piperidine rings is 1. The zero-order chi connectivity index (χ0) is 15.3. The zero-order valence-corrected chi connectivity index (χ0v) is 13.1. The second-order valence-corrected chi connectivity index (χ2v) is 6.60. The lowest BCUT2D eigenvalue weighted by atomic mass is 9.98. The molecular weight excluding hydrogens is 256 g/mol. The number of hydrogen-bond acceptors (Lipinski definition) is 2. The van der Waals surface area contributed by atoms with Crippen molar-refractivity contribution in [2.24, 2.45) is 17.8 Å². The minimum Gasteiger partial charge on any atom is -0.481 e. The molecule has 1 saturated heterocycles. The van der Waals surface area contributed by atoms with Crippen molar-refractivity contribution in [1.29, 1.82) is 0 Å². The zero-order valence-electron chi connectivity index (χ0n) is 13.1. The summed E-state index contributed by atoms with van der Waals surface area (Å²) in [5.41, 5.74) is 0. The van der Waals surface area contributed by atoms with Crippen molar-refractivity contribution in [3.63, 3.8) is 0 Å². The molecule has 2 amide bonds. The maximum Gasteiger partial charge on any atom is 0.320 e. The number of likely N-dealkylation sites (tertiary alicyclic amines) is 1. The van der Waals surface area contributed by atoms with Crippen molar-refractivity contribution >= 4 is 12.0 Å².